The molecule has 2 amide bonds. The third-order valence-corrected chi connectivity index (χ3v) is 3.15. The number of nitrogens with zero attached hydrogens (tertiary/aromatic N) is 1. The zero-order valence-electron chi connectivity index (χ0n) is 13.4. The first-order valence-corrected chi connectivity index (χ1v) is 6.73. The van der Waals surface area contributed by atoms with Crippen LogP contribution < -0.4 is 5.73 Å². The maximum Gasteiger partial charge on any atom is 0.413 e. The first-order chi connectivity index (χ1) is 8.79. The monoisotopic (exact) mass is 286 g/mol. The van der Waals surface area contributed by atoms with Gasteiger partial charge >= 0.3 is 6.09 Å². The van der Waals surface area contributed by atoms with Gasteiger partial charge in [-0.2, -0.15) is 0 Å². The van der Waals surface area contributed by atoms with Crippen LogP contribution in [0, 0.1) is 5.41 Å². The molecule has 0 radical (unpaired) electrons. The molecule has 6 nitrogen and oxygen atoms in total. The SMILES string of the molecule is CC(C)(C)OC(=O)N1[C@@H](C(C)(C)C)OC[C@@]1(C)C(N)=O. The quantitative estimate of drug-likeness (QED) is 0.797. The molecular formula is C14H26N2O4. The van der Waals surface area contributed by atoms with Crippen LogP contribution in [0.25, 0.3) is 0 Å². The highest BCUT2D eigenvalue weighted by molar-refractivity contribution is 5.89. The van der Waals surface area contributed by atoms with Gasteiger partial charge in [-0.1, -0.05) is 20.8 Å². The highest BCUT2D eigenvalue weighted by Gasteiger charge is 2.55. The summed E-state index contributed by atoms with van der Waals surface area (Å²) in [6, 6.07) is 0. The Morgan fingerprint density at radius 1 is 1.25 bits per heavy atom. The Labute approximate surface area is 120 Å². The number of hydrogen-bond acceptors (Lipinski definition) is 4. The molecule has 6 heteroatoms. The van der Waals surface area contributed by atoms with Crippen LogP contribution in [0.5, 0.6) is 0 Å². The molecule has 20 heavy (non-hydrogen) atoms. The van der Waals surface area contributed by atoms with Gasteiger partial charge in [0.25, 0.3) is 0 Å². The second-order valence-electron chi connectivity index (χ2n) is 7.52. The zero-order chi connectivity index (χ0) is 15.9. The summed E-state index contributed by atoms with van der Waals surface area (Å²) in [5, 5.41) is 0. The molecule has 1 saturated heterocycles. The van der Waals surface area contributed by atoms with E-state index >= 15 is 0 Å². The van der Waals surface area contributed by atoms with Gasteiger partial charge in [-0.05, 0) is 27.7 Å². The first-order valence-electron chi connectivity index (χ1n) is 6.73. The predicted octanol–water partition coefficient (Wildman–Crippen LogP) is 1.87. The number of hydrogen-bond donors (Lipinski definition) is 1. The van der Waals surface area contributed by atoms with Crippen LogP contribution in [-0.4, -0.2) is 40.9 Å². The summed E-state index contributed by atoms with van der Waals surface area (Å²) in [4.78, 5) is 25.6. The lowest BCUT2D eigenvalue weighted by molar-refractivity contribution is -0.128. The first kappa shape index (κ1) is 16.8. The molecule has 0 aromatic heterocycles. The fourth-order valence-corrected chi connectivity index (χ4v) is 2.08. The van der Waals surface area contributed by atoms with E-state index in [4.69, 9.17) is 15.2 Å². The lowest BCUT2D eigenvalue weighted by Crippen LogP contribution is -2.60. The van der Waals surface area contributed by atoms with Gasteiger partial charge in [-0.15, -0.1) is 0 Å². The molecule has 0 saturated carbocycles. The molecule has 0 bridgehead atoms. The van der Waals surface area contributed by atoms with E-state index in [1.807, 2.05) is 20.8 Å². The van der Waals surface area contributed by atoms with Crippen LogP contribution >= 0.6 is 0 Å². The minimum Gasteiger partial charge on any atom is -0.444 e. The van der Waals surface area contributed by atoms with Crippen molar-refractivity contribution in [2.45, 2.75) is 65.8 Å². The zero-order valence-corrected chi connectivity index (χ0v) is 13.4. The summed E-state index contributed by atoms with van der Waals surface area (Å²) in [7, 11) is 0. The number of carbonyl (C=O) groups is 2. The fraction of sp³-hybridized carbons (Fsp3) is 0.857. The van der Waals surface area contributed by atoms with Crippen LogP contribution in [0.2, 0.25) is 0 Å². The van der Waals surface area contributed by atoms with Crippen molar-refractivity contribution in [3.05, 3.63) is 0 Å². The molecule has 1 fully saturated rings. The minimum atomic E-state index is -1.19. The van der Waals surface area contributed by atoms with Gasteiger partial charge in [0, 0.05) is 5.41 Å². The largest absolute Gasteiger partial charge is 0.444 e. The number of nitrogens with two attached hydrogens (primary N) is 1. The van der Waals surface area contributed by atoms with Crippen LogP contribution in [0.4, 0.5) is 4.79 Å². The molecule has 0 aromatic rings. The van der Waals surface area contributed by atoms with Crippen molar-refractivity contribution < 1.29 is 19.1 Å². The molecule has 2 N–H and O–H groups in total. The van der Waals surface area contributed by atoms with E-state index in [0.717, 1.165) is 0 Å². The van der Waals surface area contributed by atoms with Crippen molar-refractivity contribution in [3.8, 4) is 0 Å². The van der Waals surface area contributed by atoms with Gasteiger partial charge in [-0.25, -0.2) is 4.79 Å². The van der Waals surface area contributed by atoms with Crippen molar-refractivity contribution in [1.82, 2.24) is 4.90 Å². The molecule has 1 aliphatic rings. The Morgan fingerprint density at radius 2 is 1.75 bits per heavy atom. The smallest absolute Gasteiger partial charge is 0.413 e. The van der Waals surface area contributed by atoms with Crippen molar-refractivity contribution in [2.24, 2.45) is 11.1 Å². The van der Waals surface area contributed by atoms with Crippen LogP contribution in [0.15, 0.2) is 0 Å². The lowest BCUT2D eigenvalue weighted by atomic mass is 9.91. The van der Waals surface area contributed by atoms with Crippen molar-refractivity contribution in [3.63, 3.8) is 0 Å². The summed E-state index contributed by atoms with van der Waals surface area (Å²) in [6.45, 7) is 12.8. The maximum absolute atomic E-state index is 12.5. The van der Waals surface area contributed by atoms with Gasteiger partial charge < -0.3 is 15.2 Å². The summed E-state index contributed by atoms with van der Waals surface area (Å²) in [5.41, 5.74) is 3.26. The molecule has 0 aromatic carbocycles. The van der Waals surface area contributed by atoms with E-state index in [2.05, 4.69) is 0 Å². The summed E-state index contributed by atoms with van der Waals surface area (Å²) >= 11 is 0. The van der Waals surface area contributed by atoms with E-state index in [1.54, 1.807) is 27.7 Å². The Hall–Kier alpha value is -1.30. The minimum absolute atomic E-state index is 0.0729. The van der Waals surface area contributed by atoms with Gasteiger partial charge in [0.15, 0.2) is 0 Å². The normalized spacial score (nSPS) is 27.6. The van der Waals surface area contributed by atoms with Gasteiger partial charge in [0.1, 0.15) is 17.4 Å². The highest BCUT2D eigenvalue weighted by atomic mass is 16.6. The number of ether oxygens (including phenoxy) is 2. The predicted molar refractivity (Wildman–Crippen MR) is 74.9 cm³/mol. The maximum atomic E-state index is 12.5. The van der Waals surface area contributed by atoms with Crippen LogP contribution in [0.1, 0.15) is 48.5 Å². The fourth-order valence-electron chi connectivity index (χ4n) is 2.08. The van der Waals surface area contributed by atoms with Crippen molar-refractivity contribution in [1.29, 1.82) is 0 Å². The molecular weight excluding hydrogens is 260 g/mol. The number of primary amides is 1. The number of rotatable bonds is 1. The Bertz CT molecular complexity index is 408. The second-order valence-corrected chi connectivity index (χ2v) is 7.52. The van der Waals surface area contributed by atoms with E-state index in [-0.39, 0.29) is 12.0 Å². The van der Waals surface area contributed by atoms with E-state index in [9.17, 15) is 9.59 Å². The highest BCUT2D eigenvalue weighted by Crippen LogP contribution is 2.37. The Balaban J connectivity index is 3.16. The van der Waals surface area contributed by atoms with E-state index in [1.165, 1.54) is 4.90 Å². The summed E-state index contributed by atoms with van der Waals surface area (Å²) in [5.74, 6) is -0.602. The number of amides is 2. The standard InChI is InChI=1S/C14H26N2O4/c1-12(2,3)10-16(11(18)20-13(4,5)6)14(7,8-19-10)9(15)17/h10H,8H2,1-7H3,(H2,15,17)/t10-,14+/m1/s1. The second kappa shape index (κ2) is 4.91. The molecule has 1 aliphatic heterocycles. The average molecular weight is 286 g/mol. The number of carbonyl (C=O) groups excluding carboxylic acids is 2. The molecule has 2 atom stereocenters. The average Bonchev–Trinajstić information content (AvgIpc) is 2.54. The van der Waals surface area contributed by atoms with E-state index < -0.39 is 29.4 Å². The molecule has 1 rings (SSSR count). The molecule has 116 valence electrons. The van der Waals surface area contributed by atoms with Crippen LogP contribution in [-0.2, 0) is 14.3 Å². The molecule has 0 unspecified atom stereocenters. The molecule has 0 aliphatic carbocycles. The third kappa shape index (κ3) is 3.23. The van der Waals surface area contributed by atoms with Crippen molar-refractivity contribution >= 4 is 12.0 Å². The molecule has 1 heterocycles. The lowest BCUT2D eigenvalue weighted by Gasteiger charge is -2.39. The topological polar surface area (TPSA) is 81.9 Å². The van der Waals surface area contributed by atoms with Gasteiger partial charge in [-0.3, -0.25) is 9.69 Å². The summed E-state index contributed by atoms with van der Waals surface area (Å²) in [6.07, 6.45) is -1.15. The Morgan fingerprint density at radius 3 is 2.10 bits per heavy atom. The van der Waals surface area contributed by atoms with Gasteiger partial charge in [0.05, 0.1) is 6.61 Å². The third-order valence-electron chi connectivity index (χ3n) is 3.15. The van der Waals surface area contributed by atoms with Crippen LogP contribution in [0.3, 0.4) is 0 Å². The summed E-state index contributed by atoms with van der Waals surface area (Å²) < 4.78 is 11.1. The Kier molecular flexibility index (Phi) is 4.11. The van der Waals surface area contributed by atoms with E-state index in [0.29, 0.717) is 0 Å². The van der Waals surface area contributed by atoms with Gasteiger partial charge in [0.2, 0.25) is 5.91 Å². The van der Waals surface area contributed by atoms with Crippen molar-refractivity contribution in [2.75, 3.05) is 6.61 Å². The molecule has 0 spiro atoms.